The number of carbonyl (C=O) groups is 1. The van der Waals surface area contributed by atoms with Crippen molar-refractivity contribution in [3.63, 3.8) is 0 Å². The largest absolute Gasteiger partial charge is 0.478 e. The Morgan fingerprint density at radius 2 is 1.81 bits per heavy atom. The first-order chi connectivity index (χ1) is 9.77. The van der Waals surface area contributed by atoms with Gasteiger partial charge in [-0.2, -0.15) is 13.2 Å². The van der Waals surface area contributed by atoms with Crippen molar-refractivity contribution in [3.8, 4) is 0 Å². The van der Waals surface area contributed by atoms with Crippen molar-refractivity contribution in [1.29, 1.82) is 0 Å². The molecule has 0 aliphatic rings. The van der Waals surface area contributed by atoms with Crippen LogP contribution in [0.1, 0.15) is 27.4 Å². The fraction of sp³-hybridized carbons (Fsp3) is 0.154. The molecule has 0 radical (unpaired) electrons. The van der Waals surface area contributed by atoms with E-state index in [4.69, 9.17) is 5.11 Å². The average Bonchev–Trinajstić information content (AvgIpc) is 2.40. The Morgan fingerprint density at radius 3 is 2.33 bits per heavy atom. The van der Waals surface area contributed by atoms with E-state index in [0.717, 1.165) is 12.1 Å². The van der Waals surface area contributed by atoms with Crippen molar-refractivity contribution >= 4 is 5.97 Å². The first-order valence-electron chi connectivity index (χ1n) is 5.68. The van der Waals surface area contributed by atoms with Gasteiger partial charge < -0.3 is 5.11 Å². The highest BCUT2D eigenvalue weighted by Crippen LogP contribution is 2.30. The molecule has 0 unspecified atom stereocenters. The number of carboxylic acid groups (broad SMARTS) is 1. The number of nitrogens with zero attached hydrogens (tertiary/aromatic N) is 2. The number of carboxylic acids is 1. The summed E-state index contributed by atoms with van der Waals surface area (Å²) in [4.78, 5) is 17.6. The van der Waals surface area contributed by atoms with Gasteiger partial charge in [-0.1, -0.05) is 12.1 Å². The molecule has 2 aromatic rings. The summed E-state index contributed by atoms with van der Waals surface area (Å²) in [6.45, 7) is 0. The van der Waals surface area contributed by atoms with Crippen molar-refractivity contribution in [3.05, 3.63) is 58.9 Å². The number of aromatic carboxylic acids is 1. The molecular weight excluding hydrogens is 292 g/mol. The van der Waals surface area contributed by atoms with Crippen molar-refractivity contribution < 1.29 is 27.5 Å². The molecule has 0 spiro atoms. The third kappa shape index (κ3) is 3.53. The molecule has 0 saturated heterocycles. The first kappa shape index (κ1) is 14.9. The molecule has 8 heteroatoms. The average molecular weight is 300 g/mol. The molecule has 0 aliphatic heterocycles. The second-order valence-electron chi connectivity index (χ2n) is 4.15. The van der Waals surface area contributed by atoms with Crippen LogP contribution in [0.5, 0.6) is 0 Å². The Bertz CT molecular complexity index is 669. The second-order valence-corrected chi connectivity index (χ2v) is 4.15. The molecule has 0 bridgehead atoms. The Labute approximate surface area is 116 Å². The predicted octanol–water partition coefficient (Wildman–Crippen LogP) is 2.92. The third-order valence-corrected chi connectivity index (χ3v) is 2.61. The van der Waals surface area contributed by atoms with Crippen LogP contribution in [0.4, 0.5) is 17.6 Å². The van der Waals surface area contributed by atoms with E-state index in [2.05, 4.69) is 9.97 Å². The van der Waals surface area contributed by atoms with Crippen LogP contribution in [-0.2, 0) is 12.6 Å². The van der Waals surface area contributed by atoms with Crippen LogP contribution in [0.25, 0.3) is 0 Å². The predicted molar refractivity (Wildman–Crippen MR) is 63.2 cm³/mol. The molecule has 1 heterocycles. The zero-order valence-corrected chi connectivity index (χ0v) is 10.4. The zero-order chi connectivity index (χ0) is 15.6. The molecule has 0 atom stereocenters. The van der Waals surface area contributed by atoms with Gasteiger partial charge in [-0.05, 0) is 17.7 Å². The van der Waals surface area contributed by atoms with Gasteiger partial charge in [-0.15, -0.1) is 0 Å². The summed E-state index contributed by atoms with van der Waals surface area (Å²) in [6.07, 6.45) is -4.34. The van der Waals surface area contributed by atoms with Gasteiger partial charge in [-0.25, -0.2) is 19.2 Å². The Kier molecular flexibility index (Phi) is 3.88. The monoisotopic (exact) mass is 300 g/mol. The lowest BCUT2D eigenvalue weighted by molar-refractivity contribution is -0.141. The van der Waals surface area contributed by atoms with Crippen LogP contribution in [0, 0.1) is 5.82 Å². The smallest absolute Gasteiger partial charge is 0.434 e. The SMILES string of the molecule is O=C(O)c1cnc(Cc2ccc(F)cc2)nc1C(F)(F)F. The second kappa shape index (κ2) is 5.47. The summed E-state index contributed by atoms with van der Waals surface area (Å²) in [5.41, 5.74) is -2.00. The van der Waals surface area contributed by atoms with Crippen molar-refractivity contribution in [2.75, 3.05) is 0 Å². The fourth-order valence-electron chi connectivity index (χ4n) is 1.66. The van der Waals surface area contributed by atoms with Gasteiger partial charge in [0.1, 0.15) is 17.2 Å². The summed E-state index contributed by atoms with van der Waals surface area (Å²) >= 11 is 0. The molecule has 110 valence electrons. The van der Waals surface area contributed by atoms with Crippen LogP contribution in [-0.4, -0.2) is 21.0 Å². The van der Waals surface area contributed by atoms with E-state index in [0.29, 0.717) is 11.8 Å². The third-order valence-electron chi connectivity index (χ3n) is 2.61. The molecule has 0 aliphatic carbocycles. The number of aromatic nitrogens is 2. The maximum atomic E-state index is 12.8. The summed E-state index contributed by atoms with van der Waals surface area (Å²) in [7, 11) is 0. The minimum Gasteiger partial charge on any atom is -0.478 e. The Morgan fingerprint density at radius 1 is 1.19 bits per heavy atom. The van der Waals surface area contributed by atoms with Gasteiger partial charge >= 0.3 is 12.1 Å². The number of rotatable bonds is 3. The maximum absolute atomic E-state index is 12.8. The molecule has 1 aromatic carbocycles. The lowest BCUT2D eigenvalue weighted by Crippen LogP contribution is -2.17. The molecule has 0 amide bonds. The lowest BCUT2D eigenvalue weighted by atomic mass is 10.1. The molecule has 1 aromatic heterocycles. The van der Waals surface area contributed by atoms with Gasteiger partial charge in [0.05, 0.1) is 0 Å². The van der Waals surface area contributed by atoms with Crippen molar-refractivity contribution in [1.82, 2.24) is 9.97 Å². The normalized spacial score (nSPS) is 11.4. The van der Waals surface area contributed by atoms with E-state index < -0.39 is 29.2 Å². The van der Waals surface area contributed by atoms with Gasteiger partial charge in [0.15, 0.2) is 5.69 Å². The summed E-state index contributed by atoms with van der Waals surface area (Å²) in [5, 5.41) is 8.72. The minimum atomic E-state index is -4.89. The van der Waals surface area contributed by atoms with E-state index in [1.807, 2.05) is 0 Å². The lowest BCUT2D eigenvalue weighted by Gasteiger charge is -2.10. The molecule has 2 rings (SSSR count). The zero-order valence-electron chi connectivity index (χ0n) is 10.4. The van der Waals surface area contributed by atoms with E-state index in [-0.39, 0.29) is 12.2 Å². The highest BCUT2D eigenvalue weighted by Gasteiger charge is 2.38. The van der Waals surface area contributed by atoms with Gasteiger partial charge in [0.25, 0.3) is 0 Å². The summed E-state index contributed by atoms with van der Waals surface area (Å²) < 4.78 is 51.1. The van der Waals surface area contributed by atoms with E-state index in [9.17, 15) is 22.4 Å². The van der Waals surface area contributed by atoms with Crippen LogP contribution in [0.2, 0.25) is 0 Å². The number of hydrogen-bond donors (Lipinski definition) is 1. The van der Waals surface area contributed by atoms with Crippen LogP contribution >= 0.6 is 0 Å². The standard InChI is InChI=1S/C13H8F4N2O2/c14-8-3-1-7(2-4-8)5-10-18-6-9(12(20)21)11(19-10)13(15,16)17/h1-4,6H,5H2,(H,20,21). The number of benzene rings is 1. The summed E-state index contributed by atoms with van der Waals surface area (Å²) in [6, 6.07) is 5.09. The van der Waals surface area contributed by atoms with Crippen LogP contribution in [0.3, 0.4) is 0 Å². The van der Waals surface area contributed by atoms with Crippen LogP contribution < -0.4 is 0 Å². The number of hydrogen-bond acceptors (Lipinski definition) is 3. The fourth-order valence-corrected chi connectivity index (χ4v) is 1.66. The van der Waals surface area contributed by atoms with E-state index in [1.165, 1.54) is 12.1 Å². The number of halogens is 4. The Hall–Kier alpha value is -2.51. The van der Waals surface area contributed by atoms with Crippen molar-refractivity contribution in [2.24, 2.45) is 0 Å². The van der Waals surface area contributed by atoms with Gasteiger partial charge in [0, 0.05) is 12.6 Å². The summed E-state index contributed by atoms with van der Waals surface area (Å²) in [5.74, 6) is -2.42. The highest BCUT2D eigenvalue weighted by atomic mass is 19.4. The highest BCUT2D eigenvalue weighted by molar-refractivity contribution is 5.88. The quantitative estimate of drug-likeness (QED) is 0.885. The molecule has 0 fully saturated rings. The maximum Gasteiger partial charge on any atom is 0.434 e. The van der Waals surface area contributed by atoms with Gasteiger partial charge in [-0.3, -0.25) is 0 Å². The minimum absolute atomic E-state index is 0.0662. The molecule has 4 nitrogen and oxygen atoms in total. The Balaban J connectivity index is 2.38. The first-order valence-corrected chi connectivity index (χ1v) is 5.68. The molecule has 21 heavy (non-hydrogen) atoms. The van der Waals surface area contributed by atoms with E-state index >= 15 is 0 Å². The molecular formula is C13H8F4N2O2. The molecule has 0 saturated carbocycles. The number of alkyl halides is 3. The topological polar surface area (TPSA) is 63.1 Å². The van der Waals surface area contributed by atoms with Gasteiger partial charge in [0.2, 0.25) is 0 Å². The van der Waals surface area contributed by atoms with Crippen molar-refractivity contribution in [2.45, 2.75) is 12.6 Å². The van der Waals surface area contributed by atoms with Crippen LogP contribution in [0.15, 0.2) is 30.5 Å². The molecule has 1 N–H and O–H groups in total. The van der Waals surface area contributed by atoms with E-state index in [1.54, 1.807) is 0 Å².